The summed E-state index contributed by atoms with van der Waals surface area (Å²) in [5, 5.41) is 0. The van der Waals surface area contributed by atoms with Gasteiger partial charge in [-0.05, 0) is 12.1 Å². The summed E-state index contributed by atoms with van der Waals surface area (Å²) in [5.41, 5.74) is 0. The van der Waals surface area contributed by atoms with E-state index in [0.29, 0.717) is 0 Å². The SMILES string of the molecule is CC(=O)Oc1cc[13c](OC(C)=O)cc1OC(C)=O. The Bertz CT molecular complexity index is 491. The number of carbonyl (C=O) groups excluding carboxylic acids is 3. The Morgan fingerprint density at radius 1 is 0.778 bits per heavy atom. The first-order chi connectivity index (χ1) is 8.38. The molecule has 0 aromatic heterocycles. The second kappa shape index (κ2) is 5.81. The first-order valence-corrected chi connectivity index (χ1v) is 5.08. The highest BCUT2D eigenvalue weighted by molar-refractivity contribution is 5.74. The molecule has 1 rings (SSSR count). The summed E-state index contributed by atoms with van der Waals surface area (Å²) in [6.45, 7) is 3.67. The lowest BCUT2D eigenvalue weighted by Gasteiger charge is -2.10. The minimum Gasteiger partial charge on any atom is -0.427 e. The van der Waals surface area contributed by atoms with Gasteiger partial charge in [0.1, 0.15) is 5.75 Å². The lowest BCUT2D eigenvalue weighted by Crippen LogP contribution is -2.08. The molecule has 18 heavy (non-hydrogen) atoms. The summed E-state index contributed by atoms with van der Waals surface area (Å²) < 4.78 is 14.5. The van der Waals surface area contributed by atoms with Gasteiger partial charge >= 0.3 is 17.9 Å². The van der Waals surface area contributed by atoms with Crippen LogP contribution in [-0.2, 0) is 14.4 Å². The molecule has 0 spiro atoms. The zero-order chi connectivity index (χ0) is 13.7. The van der Waals surface area contributed by atoms with Crippen LogP contribution in [0, 0.1) is 0 Å². The monoisotopic (exact) mass is 253 g/mol. The molecular formula is C12H12O6. The van der Waals surface area contributed by atoms with Gasteiger partial charge in [0.2, 0.25) is 0 Å². The van der Waals surface area contributed by atoms with Gasteiger partial charge in [-0.15, -0.1) is 0 Å². The third kappa shape index (κ3) is 4.25. The molecule has 0 aliphatic carbocycles. The van der Waals surface area contributed by atoms with Crippen LogP contribution < -0.4 is 14.2 Å². The number of carbonyl (C=O) groups is 3. The summed E-state index contributed by atoms with van der Waals surface area (Å²) in [5.74, 6) is -1.37. The highest BCUT2D eigenvalue weighted by Crippen LogP contribution is 2.32. The third-order valence-electron chi connectivity index (χ3n) is 1.68. The molecule has 0 amide bonds. The Labute approximate surface area is 103 Å². The molecule has 0 N–H and O–H groups in total. The van der Waals surface area contributed by atoms with E-state index in [1.165, 1.54) is 39.0 Å². The molecule has 0 heterocycles. The third-order valence-corrected chi connectivity index (χ3v) is 1.68. The lowest BCUT2D eigenvalue weighted by molar-refractivity contribution is -0.134. The van der Waals surface area contributed by atoms with E-state index in [-0.39, 0.29) is 17.2 Å². The largest absolute Gasteiger partial charge is 0.427 e. The second-order valence-electron chi connectivity index (χ2n) is 3.39. The summed E-state index contributed by atoms with van der Waals surface area (Å²) >= 11 is 0. The van der Waals surface area contributed by atoms with E-state index < -0.39 is 17.9 Å². The number of hydrogen-bond donors (Lipinski definition) is 0. The summed E-state index contributed by atoms with van der Waals surface area (Å²) in [7, 11) is 0. The van der Waals surface area contributed by atoms with Gasteiger partial charge in [-0.3, -0.25) is 14.4 Å². The van der Waals surface area contributed by atoms with E-state index in [0.717, 1.165) is 0 Å². The Balaban J connectivity index is 3.06. The van der Waals surface area contributed by atoms with Crippen LogP contribution in [-0.4, -0.2) is 17.9 Å². The molecule has 0 aliphatic heterocycles. The summed E-state index contributed by atoms with van der Waals surface area (Å²) in [6, 6.07) is 4.09. The fourth-order valence-corrected chi connectivity index (χ4v) is 1.19. The van der Waals surface area contributed by atoms with Gasteiger partial charge in [-0.2, -0.15) is 0 Å². The summed E-state index contributed by atoms with van der Waals surface area (Å²) in [4.78, 5) is 32.6. The molecule has 0 fully saturated rings. The van der Waals surface area contributed by atoms with Gasteiger partial charge in [-0.1, -0.05) is 0 Å². The van der Waals surface area contributed by atoms with E-state index in [1.54, 1.807) is 0 Å². The normalized spacial score (nSPS) is 9.50. The second-order valence-corrected chi connectivity index (χ2v) is 3.39. The van der Waals surface area contributed by atoms with E-state index in [1.807, 2.05) is 0 Å². The molecule has 1 aromatic carbocycles. The van der Waals surface area contributed by atoms with Crippen molar-refractivity contribution in [2.45, 2.75) is 20.8 Å². The Kier molecular flexibility index (Phi) is 4.42. The number of benzene rings is 1. The first-order valence-electron chi connectivity index (χ1n) is 5.08. The fraction of sp³-hybridized carbons (Fsp3) is 0.250. The molecular weight excluding hydrogens is 241 g/mol. The van der Waals surface area contributed by atoms with Gasteiger partial charge in [0.05, 0.1) is 0 Å². The van der Waals surface area contributed by atoms with Gasteiger partial charge < -0.3 is 14.2 Å². The molecule has 0 aliphatic rings. The molecule has 96 valence electrons. The van der Waals surface area contributed by atoms with Crippen LogP contribution in [0.25, 0.3) is 0 Å². The van der Waals surface area contributed by atoms with E-state index >= 15 is 0 Å². The maximum Gasteiger partial charge on any atom is 0.308 e. The topological polar surface area (TPSA) is 78.9 Å². The van der Waals surface area contributed by atoms with Crippen molar-refractivity contribution in [1.29, 1.82) is 0 Å². The fourth-order valence-electron chi connectivity index (χ4n) is 1.19. The van der Waals surface area contributed by atoms with Crippen molar-refractivity contribution in [2.24, 2.45) is 0 Å². The minimum absolute atomic E-state index is 0.0106. The molecule has 0 bridgehead atoms. The van der Waals surface area contributed by atoms with Crippen LogP contribution in [0.2, 0.25) is 0 Å². The predicted octanol–water partition coefficient (Wildman–Crippen LogP) is 1.46. The highest BCUT2D eigenvalue weighted by atomic mass is 16.6. The molecule has 0 atom stereocenters. The zero-order valence-corrected chi connectivity index (χ0v) is 10.2. The van der Waals surface area contributed by atoms with Crippen LogP contribution in [0.3, 0.4) is 0 Å². The predicted molar refractivity (Wildman–Crippen MR) is 60.4 cm³/mol. The molecule has 0 unspecified atom stereocenters. The van der Waals surface area contributed by atoms with Crippen LogP contribution in [0.5, 0.6) is 17.2 Å². The van der Waals surface area contributed by atoms with Crippen LogP contribution in [0.1, 0.15) is 20.8 Å². The van der Waals surface area contributed by atoms with E-state index in [2.05, 4.69) is 0 Å². The van der Waals surface area contributed by atoms with Gasteiger partial charge in [0.25, 0.3) is 0 Å². The van der Waals surface area contributed by atoms with Crippen molar-refractivity contribution in [2.75, 3.05) is 0 Å². The minimum atomic E-state index is -0.580. The standard InChI is InChI=1S/C12H12O6/c1-7(13)16-10-4-5-11(17-8(2)14)12(6-10)18-9(3)15/h4-6H,1-3H3/i10+1. The van der Waals surface area contributed by atoms with Crippen molar-refractivity contribution in [3.8, 4) is 17.2 Å². The van der Waals surface area contributed by atoms with E-state index in [9.17, 15) is 14.4 Å². The number of ether oxygens (including phenoxy) is 3. The Morgan fingerprint density at radius 3 is 1.78 bits per heavy atom. The lowest BCUT2D eigenvalue weighted by atomic mass is 10.4. The molecule has 0 radical (unpaired) electrons. The highest BCUT2D eigenvalue weighted by Gasteiger charge is 2.12. The molecule has 0 saturated carbocycles. The van der Waals surface area contributed by atoms with Crippen molar-refractivity contribution in [3.63, 3.8) is 0 Å². The average molecular weight is 253 g/mol. The maximum atomic E-state index is 10.9. The van der Waals surface area contributed by atoms with Crippen LogP contribution in [0.4, 0.5) is 0 Å². The Hall–Kier alpha value is -2.37. The first kappa shape index (κ1) is 13.7. The number of esters is 3. The van der Waals surface area contributed by atoms with Gasteiger partial charge in [0, 0.05) is 26.8 Å². The smallest absolute Gasteiger partial charge is 0.308 e. The van der Waals surface area contributed by atoms with Gasteiger partial charge in [0.15, 0.2) is 11.5 Å². The van der Waals surface area contributed by atoms with Crippen LogP contribution in [0.15, 0.2) is 18.2 Å². The molecule has 1 aromatic rings. The number of hydrogen-bond acceptors (Lipinski definition) is 6. The molecule has 0 saturated heterocycles. The van der Waals surface area contributed by atoms with Crippen molar-refractivity contribution in [3.05, 3.63) is 18.2 Å². The quantitative estimate of drug-likeness (QED) is 0.599. The number of rotatable bonds is 3. The summed E-state index contributed by atoms with van der Waals surface area (Å²) in [6.07, 6.45) is 0. The van der Waals surface area contributed by atoms with Crippen molar-refractivity contribution >= 4 is 17.9 Å². The average Bonchev–Trinajstić information content (AvgIpc) is 2.19. The molecule has 6 nitrogen and oxygen atoms in total. The van der Waals surface area contributed by atoms with Crippen LogP contribution >= 0.6 is 0 Å². The zero-order valence-electron chi connectivity index (χ0n) is 10.2. The van der Waals surface area contributed by atoms with Crippen molar-refractivity contribution < 1.29 is 28.6 Å². The van der Waals surface area contributed by atoms with Gasteiger partial charge in [-0.25, -0.2) is 0 Å². The van der Waals surface area contributed by atoms with E-state index in [4.69, 9.17) is 14.2 Å². The van der Waals surface area contributed by atoms with Crippen molar-refractivity contribution in [1.82, 2.24) is 0 Å². The Morgan fingerprint density at radius 2 is 1.28 bits per heavy atom. The molecule has 6 heteroatoms. The maximum absolute atomic E-state index is 10.9.